The predicted octanol–water partition coefficient (Wildman–Crippen LogP) is 3.06. The maximum absolute atomic E-state index is 10.8. The predicted molar refractivity (Wildman–Crippen MR) is 71.7 cm³/mol. The van der Waals surface area contributed by atoms with Gasteiger partial charge in [0.05, 0.1) is 11.7 Å². The van der Waals surface area contributed by atoms with E-state index in [1.807, 2.05) is 12.2 Å². The van der Waals surface area contributed by atoms with Crippen molar-refractivity contribution in [3.05, 3.63) is 24.3 Å². The quantitative estimate of drug-likeness (QED) is 0.742. The van der Waals surface area contributed by atoms with E-state index in [4.69, 9.17) is 5.11 Å². The Labute approximate surface area is 105 Å². The molecule has 0 bridgehead atoms. The summed E-state index contributed by atoms with van der Waals surface area (Å²) in [4.78, 5) is 0. The first-order valence-electron chi connectivity index (χ1n) is 6.56. The molecule has 0 aliphatic heterocycles. The minimum Gasteiger partial charge on any atom is -0.389 e. The van der Waals surface area contributed by atoms with E-state index in [-0.39, 0.29) is 11.3 Å². The Morgan fingerprint density at radius 2 is 1.94 bits per heavy atom. The van der Waals surface area contributed by atoms with Gasteiger partial charge in [-0.1, -0.05) is 51.5 Å². The van der Waals surface area contributed by atoms with Crippen LogP contribution in [0.5, 0.6) is 0 Å². The van der Waals surface area contributed by atoms with Gasteiger partial charge in [0.25, 0.3) is 0 Å². The summed E-state index contributed by atoms with van der Waals surface area (Å²) in [7, 11) is 0. The van der Waals surface area contributed by atoms with Gasteiger partial charge in [-0.25, -0.2) is 0 Å². The highest BCUT2D eigenvalue weighted by molar-refractivity contribution is 5.17. The van der Waals surface area contributed by atoms with E-state index in [0.29, 0.717) is 0 Å². The van der Waals surface area contributed by atoms with E-state index in [1.54, 1.807) is 19.1 Å². The van der Waals surface area contributed by atoms with Crippen LogP contribution in [0.1, 0.15) is 47.0 Å². The van der Waals surface area contributed by atoms with Crippen LogP contribution in [0, 0.1) is 11.3 Å². The van der Waals surface area contributed by atoms with Crippen LogP contribution in [0.2, 0.25) is 0 Å². The molecule has 0 aromatic carbocycles. The van der Waals surface area contributed by atoms with Crippen molar-refractivity contribution in [2.75, 3.05) is 0 Å². The molecule has 1 rings (SSSR count). The molecule has 2 heteroatoms. The third kappa shape index (κ3) is 3.20. The Kier molecular flexibility index (Phi) is 4.56. The Morgan fingerprint density at radius 3 is 2.47 bits per heavy atom. The second-order valence-corrected chi connectivity index (χ2v) is 5.99. The average Bonchev–Trinajstić information content (AvgIpc) is 2.21. The van der Waals surface area contributed by atoms with Crippen molar-refractivity contribution in [1.29, 1.82) is 0 Å². The summed E-state index contributed by atoms with van der Waals surface area (Å²) in [6.45, 7) is 8.09. The van der Waals surface area contributed by atoms with E-state index in [0.717, 1.165) is 12.8 Å². The number of rotatable bonds is 3. The highest BCUT2D eigenvalue weighted by Crippen LogP contribution is 2.47. The Bertz CT molecular complexity index is 302. The van der Waals surface area contributed by atoms with Crippen molar-refractivity contribution in [1.82, 2.24) is 0 Å². The third-order valence-corrected chi connectivity index (χ3v) is 4.13. The van der Waals surface area contributed by atoms with Crippen molar-refractivity contribution in [2.45, 2.75) is 58.7 Å². The van der Waals surface area contributed by atoms with E-state index < -0.39 is 11.7 Å². The molecule has 2 nitrogen and oxygen atoms in total. The van der Waals surface area contributed by atoms with Crippen molar-refractivity contribution in [3.63, 3.8) is 0 Å². The van der Waals surface area contributed by atoms with Gasteiger partial charge in [-0.3, -0.25) is 0 Å². The normalized spacial score (nSPS) is 35.5. The summed E-state index contributed by atoms with van der Waals surface area (Å²) < 4.78 is 0. The fourth-order valence-electron chi connectivity index (χ4n) is 2.75. The van der Waals surface area contributed by atoms with Gasteiger partial charge in [0, 0.05) is 0 Å². The molecule has 0 aromatic heterocycles. The molecule has 3 unspecified atom stereocenters. The topological polar surface area (TPSA) is 40.5 Å². The molecule has 0 aromatic rings. The summed E-state index contributed by atoms with van der Waals surface area (Å²) in [5.41, 5.74) is -0.825. The van der Waals surface area contributed by atoms with Crippen molar-refractivity contribution < 1.29 is 10.2 Å². The maximum atomic E-state index is 10.8. The molecular weight excluding hydrogens is 212 g/mol. The zero-order chi connectivity index (χ0) is 13.1. The van der Waals surface area contributed by atoms with Crippen LogP contribution in [0.4, 0.5) is 0 Å². The second kappa shape index (κ2) is 5.36. The van der Waals surface area contributed by atoms with Gasteiger partial charge in [0.1, 0.15) is 0 Å². The van der Waals surface area contributed by atoms with E-state index in [1.165, 1.54) is 6.42 Å². The summed E-state index contributed by atoms with van der Waals surface area (Å²) >= 11 is 0. The van der Waals surface area contributed by atoms with Gasteiger partial charge in [0.15, 0.2) is 0 Å². The lowest BCUT2D eigenvalue weighted by atomic mass is 9.60. The standard InChI is InChI=1S/C15H26O2/c1-12-8-7-10-14(3,4)15(12,17)11-6-5-9-13(2)16/h5-6,9,11-13,16-17H,7-8,10H2,1-4H3. The largest absolute Gasteiger partial charge is 0.389 e. The Morgan fingerprint density at radius 1 is 1.29 bits per heavy atom. The minimum atomic E-state index is -0.742. The Balaban J connectivity index is 2.83. The van der Waals surface area contributed by atoms with Gasteiger partial charge < -0.3 is 10.2 Å². The number of aliphatic hydroxyl groups is 2. The number of hydrogen-bond acceptors (Lipinski definition) is 2. The summed E-state index contributed by atoms with van der Waals surface area (Å²) in [5.74, 6) is 0.280. The summed E-state index contributed by atoms with van der Waals surface area (Å²) in [6, 6.07) is 0. The zero-order valence-corrected chi connectivity index (χ0v) is 11.5. The lowest BCUT2D eigenvalue weighted by molar-refractivity contribution is -0.0940. The fraction of sp³-hybridized carbons (Fsp3) is 0.733. The smallest absolute Gasteiger partial charge is 0.0906 e. The molecule has 0 amide bonds. The molecule has 3 atom stereocenters. The van der Waals surface area contributed by atoms with Crippen LogP contribution in [0.3, 0.4) is 0 Å². The molecule has 17 heavy (non-hydrogen) atoms. The van der Waals surface area contributed by atoms with Crippen molar-refractivity contribution >= 4 is 0 Å². The second-order valence-electron chi connectivity index (χ2n) is 5.99. The van der Waals surface area contributed by atoms with Gasteiger partial charge in [-0.05, 0) is 31.1 Å². The van der Waals surface area contributed by atoms with Crippen molar-refractivity contribution in [3.8, 4) is 0 Å². The summed E-state index contributed by atoms with van der Waals surface area (Å²) in [5, 5.41) is 20.0. The van der Waals surface area contributed by atoms with E-state index in [2.05, 4.69) is 20.8 Å². The lowest BCUT2D eigenvalue weighted by Gasteiger charge is -2.49. The van der Waals surface area contributed by atoms with Crippen LogP contribution < -0.4 is 0 Å². The number of allylic oxidation sites excluding steroid dienone is 2. The van der Waals surface area contributed by atoms with Crippen LogP contribution in [0.15, 0.2) is 24.3 Å². The average molecular weight is 238 g/mol. The molecule has 98 valence electrons. The fourth-order valence-corrected chi connectivity index (χ4v) is 2.75. The molecular formula is C15H26O2. The summed E-state index contributed by atoms with van der Waals surface area (Å²) in [6.07, 6.45) is 10.1. The number of hydrogen-bond donors (Lipinski definition) is 2. The molecule has 0 heterocycles. The molecule has 2 N–H and O–H groups in total. The SMILES string of the molecule is CC(O)C=CC=CC1(O)C(C)CCCC1(C)C. The van der Waals surface area contributed by atoms with Gasteiger partial charge in [-0.2, -0.15) is 0 Å². The first-order chi connectivity index (χ1) is 7.79. The van der Waals surface area contributed by atoms with Crippen LogP contribution >= 0.6 is 0 Å². The molecule has 0 radical (unpaired) electrons. The maximum Gasteiger partial charge on any atom is 0.0906 e. The van der Waals surface area contributed by atoms with Crippen molar-refractivity contribution in [2.24, 2.45) is 11.3 Å². The number of aliphatic hydroxyl groups excluding tert-OH is 1. The monoisotopic (exact) mass is 238 g/mol. The van der Waals surface area contributed by atoms with Gasteiger partial charge in [0.2, 0.25) is 0 Å². The lowest BCUT2D eigenvalue weighted by Crippen LogP contribution is -2.50. The zero-order valence-electron chi connectivity index (χ0n) is 11.5. The van der Waals surface area contributed by atoms with Crippen LogP contribution in [0.25, 0.3) is 0 Å². The van der Waals surface area contributed by atoms with Gasteiger partial charge in [-0.15, -0.1) is 0 Å². The highest BCUT2D eigenvalue weighted by atomic mass is 16.3. The molecule has 0 saturated heterocycles. The highest BCUT2D eigenvalue weighted by Gasteiger charge is 2.47. The first-order valence-corrected chi connectivity index (χ1v) is 6.56. The minimum absolute atomic E-state index is 0.0835. The molecule has 1 saturated carbocycles. The van der Waals surface area contributed by atoms with Crippen LogP contribution in [-0.2, 0) is 0 Å². The molecule has 0 spiro atoms. The first kappa shape index (κ1) is 14.5. The van der Waals surface area contributed by atoms with E-state index in [9.17, 15) is 5.11 Å². The van der Waals surface area contributed by atoms with Gasteiger partial charge >= 0.3 is 0 Å². The third-order valence-electron chi connectivity index (χ3n) is 4.13. The molecule has 1 aliphatic carbocycles. The van der Waals surface area contributed by atoms with E-state index >= 15 is 0 Å². The molecule has 1 fully saturated rings. The Hall–Kier alpha value is -0.600. The molecule has 1 aliphatic rings. The van der Waals surface area contributed by atoms with Crippen LogP contribution in [-0.4, -0.2) is 21.9 Å².